The maximum absolute atomic E-state index is 7.00. The fourth-order valence-corrected chi connectivity index (χ4v) is 20.8. The largest absolute Gasteiger partial charge is 1.00 e. The van der Waals surface area contributed by atoms with Gasteiger partial charge in [0.25, 0.3) is 0 Å². The Balaban J connectivity index is 0.00000133. The molecule has 1 unspecified atom stereocenters. The maximum Gasteiger partial charge on any atom is 0.238 e. The number of hydrogen-bond acceptors (Lipinski definition) is 4. The van der Waals surface area contributed by atoms with E-state index in [1.54, 1.807) is 0 Å². The molecule has 0 aliphatic carbocycles. The fraction of sp³-hybridized carbons (Fsp3) is 0.0357. The van der Waals surface area contributed by atoms with E-state index in [9.17, 15) is 0 Å². The van der Waals surface area contributed by atoms with Gasteiger partial charge in [-0.3, -0.25) is 0 Å². The molecule has 0 heterocycles. The Kier molecular flexibility index (Phi) is 20.8. The zero-order valence-corrected chi connectivity index (χ0v) is 43.3. The van der Waals surface area contributed by atoms with E-state index in [4.69, 9.17) is 18.5 Å². The van der Waals surface area contributed by atoms with Crippen molar-refractivity contribution in [1.82, 2.24) is 0 Å². The molecule has 10 heteroatoms. The van der Waals surface area contributed by atoms with Gasteiger partial charge in [0.1, 0.15) is 23.0 Å². The molecule has 0 spiro atoms. The van der Waals surface area contributed by atoms with Gasteiger partial charge in [0.15, 0.2) is 9.79 Å². The summed E-state index contributed by atoms with van der Waals surface area (Å²) in [6, 6.07) is 96.5. The number of aliphatic hydroxyl groups excluding tert-OH is 2. The van der Waals surface area contributed by atoms with Crippen LogP contribution in [0.15, 0.2) is 295 Å². The predicted octanol–water partition coefficient (Wildman–Crippen LogP) is 5.17. The Morgan fingerprint density at radius 2 is 0.621 bits per heavy atom. The minimum atomic E-state index is -2.52. The summed E-state index contributed by atoms with van der Waals surface area (Å²) < 4.78 is 12.4. The second-order valence-electron chi connectivity index (χ2n) is 14.1. The van der Waals surface area contributed by atoms with Crippen LogP contribution in [0.5, 0.6) is 0 Å². The van der Waals surface area contributed by atoms with Gasteiger partial charge < -0.3 is 44.2 Å². The van der Waals surface area contributed by atoms with Gasteiger partial charge >= 0.3 is 0 Å². The molecule has 0 radical (unpaired) electrons. The predicted molar refractivity (Wildman–Crippen MR) is 279 cm³/mol. The van der Waals surface area contributed by atoms with Gasteiger partial charge in [-0.15, -0.1) is 0 Å². The summed E-state index contributed by atoms with van der Waals surface area (Å²) in [4.78, 5) is 4.71. The van der Waals surface area contributed by atoms with E-state index in [-0.39, 0.29) is 34.0 Å². The standard InChI is InChI=1S/C54H44N2P2S2.2CH4O.2BrH/c1-9-25-45(26-10-1)57(46-27-11-2-12-28-46,47-29-13-3-14-30-47)55-59(51-37-21-7-22-38-51)53-41-43-54(44-42-53)60(52-39-23-8-24-40-52)56-58(48-31-15-4-16-32-48,49-33-17-5-18-34-49)50-35-19-6-20-36-50;2*1-2;;/h1-44H;2*2H,1H3;2*1H/q+2;;;;/p-2/t59-,60?;;;;/m1..../s1. The van der Waals surface area contributed by atoms with Crippen LogP contribution in [0.1, 0.15) is 0 Å². The molecule has 334 valence electrons. The monoisotopic (exact) mass is 1070 g/mol. The van der Waals surface area contributed by atoms with Gasteiger partial charge in [-0.1, -0.05) is 190 Å². The average Bonchev–Trinajstić information content (AvgIpc) is 3.41. The summed E-state index contributed by atoms with van der Waals surface area (Å²) in [6.45, 7) is 0. The molecule has 9 rings (SSSR count). The number of halogens is 2. The van der Waals surface area contributed by atoms with Crippen molar-refractivity contribution in [3.8, 4) is 0 Å². The third-order valence-corrected chi connectivity index (χ3v) is 22.8. The van der Waals surface area contributed by atoms with Crippen molar-refractivity contribution in [1.29, 1.82) is 0 Å². The van der Waals surface area contributed by atoms with Crippen molar-refractivity contribution in [2.24, 2.45) is 8.28 Å². The number of aliphatic hydroxyl groups is 2. The van der Waals surface area contributed by atoms with Crippen molar-refractivity contribution < 1.29 is 44.2 Å². The zero-order chi connectivity index (χ0) is 44.5. The van der Waals surface area contributed by atoms with Crippen LogP contribution in [-0.2, 0) is 21.8 Å². The summed E-state index contributed by atoms with van der Waals surface area (Å²) in [5.74, 6) is 0. The summed E-state index contributed by atoms with van der Waals surface area (Å²) in [6.07, 6.45) is 0. The van der Waals surface area contributed by atoms with Crippen molar-refractivity contribution in [2.75, 3.05) is 14.2 Å². The van der Waals surface area contributed by atoms with Crippen LogP contribution < -0.4 is 65.8 Å². The maximum atomic E-state index is 7.00. The van der Waals surface area contributed by atoms with Gasteiger partial charge in [0.05, 0.1) is 0 Å². The minimum Gasteiger partial charge on any atom is -1.00 e. The van der Waals surface area contributed by atoms with Gasteiger partial charge in [-0.05, 0) is 84.9 Å². The van der Waals surface area contributed by atoms with Crippen LogP contribution in [0.4, 0.5) is 0 Å². The first kappa shape index (κ1) is 52.0. The Labute approximate surface area is 418 Å². The number of rotatable bonds is 12. The zero-order valence-electron chi connectivity index (χ0n) is 36.7. The number of benzene rings is 9. The first-order valence-electron chi connectivity index (χ1n) is 20.9. The summed E-state index contributed by atoms with van der Waals surface area (Å²) >= 11 is -0.642. The lowest BCUT2D eigenvalue weighted by molar-refractivity contribution is -0.00100. The number of nitrogens with zero attached hydrogens (tertiary/aromatic N) is 2. The molecule has 0 fully saturated rings. The highest BCUT2D eigenvalue weighted by atomic mass is 79.9. The molecular formula is C56H52Br2N2O2P2S2. The smallest absolute Gasteiger partial charge is 0.238 e. The van der Waals surface area contributed by atoms with Crippen LogP contribution >= 0.6 is 14.5 Å². The van der Waals surface area contributed by atoms with E-state index < -0.39 is 36.2 Å². The van der Waals surface area contributed by atoms with Crippen LogP contribution in [0.3, 0.4) is 0 Å². The molecule has 0 aromatic heterocycles. The molecule has 0 aliphatic rings. The van der Waals surface area contributed by atoms with Crippen LogP contribution in [0, 0.1) is 0 Å². The minimum absolute atomic E-state index is 0. The summed E-state index contributed by atoms with van der Waals surface area (Å²) in [7, 11) is -3.69. The van der Waals surface area contributed by atoms with E-state index in [1.165, 1.54) is 51.4 Å². The molecule has 66 heavy (non-hydrogen) atoms. The molecule has 4 nitrogen and oxygen atoms in total. The quantitative estimate of drug-likeness (QED) is 0.131. The Morgan fingerprint density at radius 1 is 0.348 bits per heavy atom. The fourth-order valence-electron chi connectivity index (χ4n) is 7.54. The molecule has 0 bridgehead atoms. The van der Waals surface area contributed by atoms with Crippen molar-refractivity contribution in [3.05, 3.63) is 267 Å². The number of hydrogen-bond donors (Lipinski definition) is 2. The first-order chi connectivity index (χ1) is 31.8. The lowest BCUT2D eigenvalue weighted by Crippen LogP contribution is -3.00. The van der Waals surface area contributed by atoms with Crippen molar-refractivity contribution >= 4 is 68.1 Å². The molecule has 0 saturated heterocycles. The van der Waals surface area contributed by atoms with Gasteiger partial charge in [0.2, 0.25) is 18.5 Å². The van der Waals surface area contributed by atoms with Crippen LogP contribution in [0.2, 0.25) is 0 Å². The molecule has 0 saturated carbocycles. The van der Waals surface area contributed by atoms with Crippen LogP contribution in [-0.4, -0.2) is 24.4 Å². The third kappa shape index (κ3) is 11.6. The Morgan fingerprint density at radius 3 is 0.970 bits per heavy atom. The van der Waals surface area contributed by atoms with Gasteiger partial charge in [-0.2, -0.15) is 0 Å². The van der Waals surface area contributed by atoms with E-state index in [2.05, 4.69) is 267 Å². The first-order valence-corrected chi connectivity index (χ1v) is 26.8. The summed E-state index contributed by atoms with van der Waals surface area (Å²) in [5.41, 5.74) is 0. The van der Waals surface area contributed by atoms with E-state index in [1.807, 2.05) is 0 Å². The van der Waals surface area contributed by atoms with E-state index in [0.29, 0.717) is 0 Å². The Hall–Kier alpha value is -4.98. The molecule has 9 aromatic rings. The SMILES string of the molecule is CO.CO.[Br-].[Br-].c1ccc(/[S@@](=N\[P+](c2ccccc2)(c2ccccc2)c2ccccc2)c2ccc([S+](N=P(c3ccccc3)(c3ccccc3)c3ccccc3)c3ccccc3)cc2)cc1. The molecule has 9 aromatic carbocycles. The van der Waals surface area contributed by atoms with Crippen molar-refractivity contribution in [3.63, 3.8) is 0 Å². The lowest BCUT2D eigenvalue weighted by atomic mass is 10.4. The highest BCUT2D eigenvalue weighted by molar-refractivity contribution is 8.03. The highest BCUT2D eigenvalue weighted by Gasteiger charge is 2.47. The molecule has 2 N–H and O–H groups in total. The van der Waals surface area contributed by atoms with Gasteiger partial charge in [-0.25, -0.2) is 0 Å². The second-order valence-corrected chi connectivity index (χ2v) is 24.1. The van der Waals surface area contributed by atoms with E-state index in [0.717, 1.165) is 14.2 Å². The highest BCUT2D eigenvalue weighted by Crippen LogP contribution is 2.58. The lowest BCUT2D eigenvalue weighted by Gasteiger charge is -2.25. The molecular weight excluding hydrogens is 1020 g/mol. The van der Waals surface area contributed by atoms with Crippen molar-refractivity contribution in [2.45, 2.75) is 19.6 Å². The molecule has 0 aliphatic heterocycles. The van der Waals surface area contributed by atoms with E-state index >= 15 is 0 Å². The molecule has 0 amide bonds. The second kappa shape index (κ2) is 26.4. The Bertz CT molecular complexity index is 2660. The van der Waals surface area contributed by atoms with Gasteiger partial charge in [0, 0.05) is 50.6 Å². The third-order valence-electron chi connectivity index (χ3n) is 10.4. The average molecular weight is 1070 g/mol. The topological polar surface area (TPSA) is 65.2 Å². The van der Waals surface area contributed by atoms with Crippen LogP contribution in [0.25, 0.3) is 0 Å². The summed E-state index contributed by atoms with van der Waals surface area (Å²) in [5, 5.41) is 21.4. The molecule has 2 atom stereocenters. The normalized spacial score (nSPS) is 11.7.